The molecule has 23 heavy (non-hydrogen) atoms. The van der Waals surface area contributed by atoms with Crippen LogP contribution in [-0.4, -0.2) is 37.5 Å². The molecule has 1 aromatic rings. The SMILES string of the molecule is COC1C2N=C(c3ccccc3)OC2OC1C1CCC(C)(C)C1. The van der Waals surface area contributed by atoms with E-state index in [1.807, 2.05) is 30.3 Å². The summed E-state index contributed by atoms with van der Waals surface area (Å²) >= 11 is 0. The summed E-state index contributed by atoms with van der Waals surface area (Å²) in [5.41, 5.74) is 1.41. The maximum Gasteiger partial charge on any atom is 0.227 e. The standard InChI is InChI=1S/C19H25NO3/c1-19(2)10-9-13(11-19)15-16(21-3)14-18(22-15)23-17(20-14)12-7-5-4-6-8-12/h4-8,13-16,18H,9-11H2,1-3H3. The molecule has 124 valence electrons. The topological polar surface area (TPSA) is 40.0 Å². The maximum absolute atomic E-state index is 6.26. The second-order valence-electron chi connectivity index (χ2n) is 7.75. The highest BCUT2D eigenvalue weighted by atomic mass is 16.7. The van der Waals surface area contributed by atoms with Crippen molar-refractivity contribution in [1.29, 1.82) is 0 Å². The Bertz CT molecular complexity index is 598. The summed E-state index contributed by atoms with van der Waals surface area (Å²) in [7, 11) is 1.76. The molecule has 5 atom stereocenters. The largest absolute Gasteiger partial charge is 0.445 e. The monoisotopic (exact) mass is 315 g/mol. The molecule has 5 unspecified atom stereocenters. The fourth-order valence-electron chi connectivity index (χ4n) is 4.32. The van der Waals surface area contributed by atoms with E-state index in [0.717, 1.165) is 5.56 Å². The van der Waals surface area contributed by atoms with Crippen LogP contribution in [-0.2, 0) is 14.2 Å². The number of aliphatic imine (C=N–C) groups is 1. The lowest BCUT2D eigenvalue weighted by Crippen LogP contribution is -2.36. The van der Waals surface area contributed by atoms with Gasteiger partial charge in [0.15, 0.2) is 0 Å². The van der Waals surface area contributed by atoms with Gasteiger partial charge in [-0.05, 0) is 42.7 Å². The lowest BCUT2D eigenvalue weighted by Gasteiger charge is -2.26. The highest BCUT2D eigenvalue weighted by molar-refractivity contribution is 5.95. The van der Waals surface area contributed by atoms with Crippen LogP contribution in [0.5, 0.6) is 0 Å². The zero-order chi connectivity index (χ0) is 16.0. The lowest BCUT2D eigenvalue weighted by atomic mass is 9.87. The van der Waals surface area contributed by atoms with Gasteiger partial charge in [0.1, 0.15) is 12.1 Å². The summed E-state index contributed by atoms with van der Waals surface area (Å²) < 4.78 is 18.0. The first kappa shape index (κ1) is 15.2. The van der Waals surface area contributed by atoms with Gasteiger partial charge in [-0.1, -0.05) is 32.0 Å². The minimum Gasteiger partial charge on any atom is -0.445 e. The molecular formula is C19H25NO3. The number of methoxy groups -OCH3 is 1. The molecule has 0 radical (unpaired) electrons. The zero-order valence-electron chi connectivity index (χ0n) is 14.1. The molecule has 3 aliphatic rings. The third-order valence-electron chi connectivity index (χ3n) is 5.49. The number of nitrogens with zero attached hydrogens (tertiary/aromatic N) is 1. The van der Waals surface area contributed by atoms with Crippen molar-refractivity contribution >= 4 is 5.90 Å². The predicted molar refractivity (Wildman–Crippen MR) is 88.4 cm³/mol. The van der Waals surface area contributed by atoms with Crippen LogP contribution in [0.25, 0.3) is 0 Å². The van der Waals surface area contributed by atoms with Gasteiger partial charge in [0, 0.05) is 12.7 Å². The highest BCUT2D eigenvalue weighted by Gasteiger charge is 2.54. The Balaban J connectivity index is 1.53. The van der Waals surface area contributed by atoms with E-state index >= 15 is 0 Å². The van der Waals surface area contributed by atoms with Gasteiger partial charge in [0.2, 0.25) is 12.2 Å². The number of hydrogen-bond acceptors (Lipinski definition) is 4. The molecule has 2 heterocycles. The van der Waals surface area contributed by atoms with Gasteiger partial charge in [-0.15, -0.1) is 0 Å². The highest BCUT2D eigenvalue weighted by Crippen LogP contribution is 2.47. The average Bonchev–Trinajstić information content (AvgIpc) is 3.19. The van der Waals surface area contributed by atoms with Gasteiger partial charge in [0.05, 0.1) is 6.10 Å². The van der Waals surface area contributed by atoms with Gasteiger partial charge in [-0.3, -0.25) is 0 Å². The molecule has 4 rings (SSSR count). The first-order valence-corrected chi connectivity index (χ1v) is 8.55. The zero-order valence-corrected chi connectivity index (χ0v) is 14.1. The van der Waals surface area contributed by atoms with Gasteiger partial charge < -0.3 is 14.2 Å². The first-order chi connectivity index (χ1) is 11.1. The van der Waals surface area contributed by atoms with E-state index in [1.165, 1.54) is 19.3 Å². The Kier molecular flexibility index (Phi) is 3.69. The molecule has 2 aliphatic heterocycles. The van der Waals surface area contributed by atoms with E-state index in [-0.39, 0.29) is 24.5 Å². The predicted octanol–water partition coefficient (Wildman–Crippen LogP) is 3.40. The molecule has 0 N–H and O–H groups in total. The molecule has 1 aromatic carbocycles. The minimum absolute atomic E-state index is 0.0138. The molecule has 4 nitrogen and oxygen atoms in total. The van der Waals surface area contributed by atoms with Gasteiger partial charge >= 0.3 is 0 Å². The average molecular weight is 315 g/mol. The van der Waals surface area contributed by atoms with Crippen LogP contribution in [0.2, 0.25) is 0 Å². The van der Waals surface area contributed by atoms with Gasteiger partial charge in [-0.25, -0.2) is 4.99 Å². The fraction of sp³-hybridized carbons (Fsp3) is 0.632. The van der Waals surface area contributed by atoms with Crippen LogP contribution in [0.4, 0.5) is 0 Å². The summed E-state index contributed by atoms with van der Waals surface area (Å²) in [6, 6.07) is 9.95. The van der Waals surface area contributed by atoms with Crippen molar-refractivity contribution in [2.45, 2.75) is 57.6 Å². The van der Waals surface area contributed by atoms with Crippen molar-refractivity contribution in [2.24, 2.45) is 16.3 Å². The number of rotatable bonds is 3. The summed E-state index contributed by atoms with van der Waals surface area (Å²) in [4.78, 5) is 4.77. The van der Waals surface area contributed by atoms with Crippen LogP contribution < -0.4 is 0 Å². The smallest absolute Gasteiger partial charge is 0.227 e. The van der Waals surface area contributed by atoms with Crippen LogP contribution in [0.15, 0.2) is 35.3 Å². The first-order valence-electron chi connectivity index (χ1n) is 8.55. The van der Waals surface area contributed by atoms with Crippen LogP contribution in [0.1, 0.15) is 38.7 Å². The summed E-state index contributed by atoms with van der Waals surface area (Å²) in [5.74, 6) is 1.22. The molecule has 0 amide bonds. The number of hydrogen-bond donors (Lipinski definition) is 0. The molecule has 0 bridgehead atoms. The van der Waals surface area contributed by atoms with Crippen molar-refractivity contribution < 1.29 is 14.2 Å². The number of benzene rings is 1. The molecule has 0 spiro atoms. The molecule has 1 aliphatic carbocycles. The van der Waals surface area contributed by atoms with Gasteiger partial charge in [-0.2, -0.15) is 0 Å². The Morgan fingerprint density at radius 1 is 1.22 bits per heavy atom. The normalized spacial score (nSPS) is 38.2. The molecule has 0 aromatic heterocycles. The quantitative estimate of drug-likeness (QED) is 0.858. The molecule has 1 saturated heterocycles. The molecular weight excluding hydrogens is 290 g/mol. The van der Waals surface area contributed by atoms with Crippen molar-refractivity contribution in [2.75, 3.05) is 7.11 Å². The second-order valence-corrected chi connectivity index (χ2v) is 7.75. The van der Waals surface area contributed by atoms with E-state index in [4.69, 9.17) is 19.2 Å². The van der Waals surface area contributed by atoms with E-state index in [0.29, 0.717) is 17.2 Å². The third kappa shape index (κ3) is 2.68. The van der Waals surface area contributed by atoms with Crippen molar-refractivity contribution in [3.05, 3.63) is 35.9 Å². The van der Waals surface area contributed by atoms with E-state index in [2.05, 4.69) is 13.8 Å². The molecule has 1 saturated carbocycles. The van der Waals surface area contributed by atoms with E-state index in [9.17, 15) is 0 Å². The van der Waals surface area contributed by atoms with Crippen molar-refractivity contribution in [3.8, 4) is 0 Å². The van der Waals surface area contributed by atoms with E-state index in [1.54, 1.807) is 7.11 Å². The van der Waals surface area contributed by atoms with Crippen molar-refractivity contribution in [1.82, 2.24) is 0 Å². The van der Waals surface area contributed by atoms with Gasteiger partial charge in [0.25, 0.3) is 0 Å². The van der Waals surface area contributed by atoms with Crippen molar-refractivity contribution in [3.63, 3.8) is 0 Å². The third-order valence-corrected chi connectivity index (χ3v) is 5.49. The Hall–Kier alpha value is -1.39. The van der Waals surface area contributed by atoms with E-state index < -0.39 is 0 Å². The van der Waals surface area contributed by atoms with Crippen LogP contribution >= 0.6 is 0 Å². The lowest BCUT2D eigenvalue weighted by molar-refractivity contribution is -0.103. The number of fused-ring (bicyclic) bond motifs is 1. The summed E-state index contributed by atoms with van der Waals surface area (Å²) in [5, 5.41) is 0. The van der Waals surface area contributed by atoms with Crippen LogP contribution in [0, 0.1) is 11.3 Å². The maximum atomic E-state index is 6.26. The Morgan fingerprint density at radius 2 is 2.00 bits per heavy atom. The van der Waals surface area contributed by atoms with Crippen LogP contribution in [0.3, 0.4) is 0 Å². The second kappa shape index (κ2) is 5.60. The summed E-state index contributed by atoms with van der Waals surface area (Å²) in [6.45, 7) is 4.68. The summed E-state index contributed by atoms with van der Waals surface area (Å²) in [6.07, 6.45) is 3.42. The Labute approximate surface area is 137 Å². The minimum atomic E-state index is -0.302. The molecule has 2 fully saturated rings. The fourth-order valence-corrected chi connectivity index (χ4v) is 4.32. The molecule has 4 heteroatoms. The number of ether oxygens (including phenoxy) is 3. The Morgan fingerprint density at radius 3 is 2.65 bits per heavy atom.